The zero-order chi connectivity index (χ0) is 30.6. The first-order valence-electron chi connectivity index (χ1n) is 15.3. The predicted molar refractivity (Wildman–Crippen MR) is 171 cm³/mol. The molecular weight excluding hydrogens is 556 g/mol. The third-order valence-electron chi connectivity index (χ3n) is 9.38. The minimum atomic E-state index is -0.110. The first-order chi connectivity index (χ1) is 21.3. The van der Waals surface area contributed by atoms with Crippen LogP contribution >= 0.6 is 0 Å². The van der Waals surface area contributed by atoms with Crippen molar-refractivity contribution in [2.24, 2.45) is 7.05 Å². The molecule has 4 aromatic rings. The highest BCUT2D eigenvalue weighted by Crippen LogP contribution is 2.43. The lowest BCUT2D eigenvalue weighted by Crippen LogP contribution is -2.61. The number of methoxy groups -OCH3 is 1. The van der Waals surface area contributed by atoms with Crippen molar-refractivity contribution in [1.82, 2.24) is 24.4 Å². The van der Waals surface area contributed by atoms with Gasteiger partial charge in [-0.25, -0.2) is 4.98 Å². The number of aryl methyl sites for hydroxylation is 3. The molecule has 1 amide bonds. The lowest BCUT2D eigenvalue weighted by Gasteiger charge is -2.48. The van der Waals surface area contributed by atoms with Gasteiger partial charge in [-0.05, 0) is 57.2 Å². The maximum Gasteiger partial charge on any atom is 0.270 e. The highest BCUT2D eigenvalue weighted by Gasteiger charge is 2.47. The van der Waals surface area contributed by atoms with Gasteiger partial charge in [0.05, 0.1) is 42.7 Å². The number of likely N-dealkylation sites (tertiary alicyclic amines) is 1. The van der Waals surface area contributed by atoms with E-state index in [9.17, 15) is 4.79 Å². The molecule has 4 aromatic heterocycles. The van der Waals surface area contributed by atoms with Crippen molar-refractivity contribution >= 4 is 40.3 Å². The first-order valence-corrected chi connectivity index (χ1v) is 15.3. The van der Waals surface area contributed by atoms with Crippen LogP contribution in [0.25, 0.3) is 22.2 Å². The van der Waals surface area contributed by atoms with Crippen molar-refractivity contribution in [3.8, 4) is 17.0 Å². The Balaban J connectivity index is 1.35. The van der Waals surface area contributed by atoms with E-state index in [1.54, 1.807) is 25.6 Å². The van der Waals surface area contributed by atoms with Gasteiger partial charge in [-0.1, -0.05) is 0 Å². The van der Waals surface area contributed by atoms with Gasteiger partial charge in [0.15, 0.2) is 0 Å². The van der Waals surface area contributed by atoms with Gasteiger partial charge in [-0.2, -0.15) is 0 Å². The van der Waals surface area contributed by atoms with Crippen LogP contribution in [0.4, 0.5) is 17.3 Å². The van der Waals surface area contributed by atoms with Crippen LogP contribution in [0.1, 0.15) is 53.0 Å². The van der Waals surface area contributed by atoms with Gasteiger partial charge >= 0.3 is 0 Å². The molecule has 0 aliphatic carbocycles. The van der Waals surface area contributed by atoms with Crippen molar-refractivity contribution < 1.29 is 14.3 Å². The Hall–Kier alpha value is -4.51. The fourth-order valence-electron chi connectivity index (χ4n) is 7.10. The molecule has 3 saturated heterocycles. The quantitative estimate of drug-likeness (QED) is 0.287. The molecule has 0 aromatic carbocycles. The molecule has 44 heavy (non-hydrogen) atoms. The molecule has 0 bridgehead atoms. The number of aromatic nitrogens is 4. The third kappa shape index (κ3) is 4.57. The maximum absolute atomic E-state index is 13.7. The van der Waals surface area contributed by atoms with E-state index in [2.05, 4.69) is 15.2 Å². The van der Waals surface area contributed by atoms with E-state index < -0.39 is 0 Å². The molecule has 11 heteroatoms. The zero-order valence-corrected chi connectivity index (χ0v) is 25.7. The summed E-state index contributed by atoms with van der Waals surface area (Å²) in [4.78, 5) is 32.2. The normalized spacial score (nSPS) is 17.4. The van der Waals surface area contributed by atoms with E-state index >= 15 is 0 Å². The average Bonchev–Trinajstić information content (AvgIpc) is 3.77. The summed E-state index contributed by atoms with van der Waals surface area (Å²) in [6.45, 7) is 7.86. The van der Waals surface area contributed by atoms with E-state index in [1.165, 1.54) is 6.21 Å². The standard InChI is InChI=1S/C33H38N8O3/c1-20-29-26(39(3)30(20)32(42)40-11-5-6-12-40)15-28(38-31(29)41-18-33(19-41)9-7-13-44-33)37-24-14-25(36-21(2)22(24)16-34)23-17-35-10-8-27(23)43-4/h8,10,14-17,34H,5-7,9,11-13,18-19H2,1-4H3,(H,36,37,38). The average molecular weight is 595 g/mol. The minimum absolute atomic E-state index is 0.0734. The Morgan fingerprint density at radius 3 is 2.66 bits per heavy atom. The molecule has 3 aliphatic rings. The fraction of sp³-hybridized carbons (Fsp3) is 0.424. The Morgan fingerprint density at radius 2 is 1.95 bits per heavy atom. The van der Waals surface area contributed by atoms with Gasteiger partial charge in [0.2, 0.25) is 0 Å². The van der Waals surface area contributed by atoms with Crippen LogP contribution in [-0.2, 0) is 11.8 Å². The molecule has 3 fully saturated rings. The van der Waals surface area contributed by atoms with E-state index in [0.29, 0.717) is 39.9 Å². The number of nitrogens with one attached hydrogen (secondary N) is 2. The van der Waals surface area contributed by atoms with Gasteiger partial charge in [0, 0.05) is 68.1 Å². The number of amides is 1. The van der Waals surface area contributed by atoms with Crippen LogP contribution in [-0.4, -0.2) is 82.0 Å². The molecule has 0 atom stereocenters. The fourth-order valence-corrected chi connectivity index (χ4v) is 7.10. The highest BCUT2D eigenvalue weighted by molar-refractivity contribution is 6.06. The molecule has 0 saturated carbocycles. The van der Waals surface area contributed by atoms with E-state index in [0.717, 1.165) is 86.3 Å². The number of fused-ring (bicyclic) bond motifs is 1. The Bertz CT molecular complexity index is 1780. The lowest BCUT2D eigenvalue weighted by atomic mass is 9.90. The third-order valence-corrected chi connectivity index (χ3v) is 9.38. The minimum Gasteiger partial charge on any atom is -0.496 e. The largest absolute Gasteiger partial charge is 0.496 e. The lowest BCUT2D eigenvalue weighted by molar-refractivity contribution is -0.0182. The second kappa shape index (κ2) is 10.9. The van der Waals surface area contributed by atoms with Crippen molar-refractivity contribution in [2.45, 2.75) is 45.1 Å². The number of nitrogens with zero attached hydrogens (tertiary/aromatic N) is 6. The van der Waals surface area contributed by atoms with E-state index in [-0.39, 0.29) is 11.5 Å². The summed E-state index contributed by atoms with van der Waals surface area (Å²) in [5.74, 6) is 2.21. The molecule has 0 radical (unpaired) electrons. The van der Waals surface area contributed by atoms with Crippen LogP contribution in [0.5, 0.6) is 5.75 Å². The SMILES string of the molecule is COc1ccncc1-c1cc(Nc2cc3c(c(N4CC5(CCCO5)C4)n2)c(C)c(C(=O)N2CCCC2)n3C)c(C=N)c(C)n1. The summed E-state index contributed by atoms with van der Waals surface area (Å²) in [7, 11) is 3.59. The molecule has 7 heterocycles. The van der Waals surface area contributed by atoms with Crippen molar-refractivity contribution in [3.63, 3.8) is 0 Å². The van der Waals surface area contributed by atoms with Crippen LogP contribution in [0.2, 0.25) is 0 Å². The smallest absolute Gasteiger partial charge is 0.270 e. The Morgan fingerprint density at radius 1 is 1.16 bits per heavy atom. The van der Waals surface area contributed by atoms with Gasteiger partial charge in [-0.15, -0.1) is 0 Å². The highest BCUT2D eigenvalue weighted by atomic mass is 16.5. The van der Waals surface area contributed by atoms with Crippen LogP contribution in [0.15, 0.2) is 30.6 Å². The summed E-state index contributed by atoms with van der Waals surface area (Å²) in [5.41, 5.74) is 5.98. The van der Waals surface area contributed by atoms with Gasteiger partial charge in [0.25, 0.3) is 5.91 Å². The number of anilines is 3. The number of hydrogen-bond donors (Lipinski definition) is 2. The maximum atomic E-state index is 13.7. The van der Waals surface area contributed by atoms with Crippen LogP contribution < -0.4 is 15.0 Å². The Labute approximate surface area is 256 Å². The molecule has 0 unspecified atom stereocenters. The van der Waals surface area contributed by atoms with Crippen molar-refractivity contribution in [3.05, 3.63) is 53.1 Å². The van der Waals surface area contributed by atoms with Crippen LogP contribution in [0, 0.1) is 19.3 Å². The number of pyridine rings is 3. The molecule has 3 aliphatic heterocycles. The summed E-state index contributed by atoms with van der Waals surface area (Å²) in [6, 6.07) is 5.71. The molecule has 228 valence electrons. The molecule has 7 rings (SSSR count). The number of hydrogen-bond acceptors (Lipinski definition) is 9. The second-order valence-corrected chi connectivity index (χ2v) is 12.1. The molecule has 11 nitrogen and oxygen atoms in total. The summed E-state index contributed by atoms with van der Waals surface area (Å²) in [5, 5.41) is 12.7. The number of carbonyl (C=O) groups excluding carboxylic acids is 1. The van der Waals surface area contributed by atoms with Crippen LogP contribution in [0.3, 0.4) is 0 Å². The van der Waals surface area contributed by atoms with Crippen molar-refractivity contribution in [2.75, 3.05) is 50.1 Å². The van der Waals surface area contributed by atoms with Crippen molar-refractivity contribution in [1.29, 1.82) is 5.41 Å². The van der Waals surface area contributed by atoms with E-state index in [1.807, 2.05) is 42.5 Å². The summed E-state index contributed by atoms with van der Waals surface area (Å²) < 4.78 is 13.7. The Kier molecular flexibility index (Phi) is 7.00. The monoisotopic (exact) mass is 594 g/mol. The second-order valence-electron chi connectivity index (χ2n) is 12.1. The van der Waals surface area contributed by atoms with Gasteiger partial charge < -0.3 is 34.6 Å². The predicted octanol–water partition coefficient (Wildman–Crippen LogP) is 5.00. The molecule has 1 spiro atoms. The van der Waals surface area contributed by atoms with Gasteiger partial charge in [-0.3, -0.25) is 14.8 Å². The zero-order valence-electron chi connectivity index (χ0n) is 25.7. The summed E-state index contributed by atoms with van der Waals surface area (Å²) in [6.07, 6.45) is 8.93. The van der Waals surface area contributed by atoms with Gasteiger partial charge in [0.1, 0.15) is 28.7 Å². The number of ether oxygens (including phenoxy) is 2. The molecular formula is C33H38N8O3. The summed E-state index contributed by atoms with van der Waals surface area (Å²) >= 11 is 0. The van der Waals surface area contributed by atoms with E-state index in [4.69, 9.17) is 24.9 Å². The first kappa shape index (κ1) is 28.3. The molecule has 2 N–H and O–H groups in total. The number of carbonyl (C=O) groups is 1. The number of rotatable bonds is 7. The topological polar surface area (TPSA) is 121 Å².